The minimum atomic E-state index is 0.268. The van der Waals surface area contributed by atoms with E-state index in [1.165, 1.54) is 0 Å². The van der Waals surface area contributed by atoms with Gasteiger partial charge >= 0.3 is 0 Å². The minimum absolute atomic E-state index is 0.268. The van der Waals surface area contributed by atoms with Gasteiger partial charge in [0.2, 0.25) is 5.95 Å². The number of hydrogen-bond acceptors (Lipinski definition) is 3. The zero-order valence-electron chi connectivity index (χ0n) is 10.8. The summed E-state index contributed by atoms with van der Waals surface area (Å²) in [5, 5.41) is 3.32. The van der Waals surface area contributed by atoms with Gasteiger partial charge in [0.15, 0.2) is 0 Å². The number of nitrogens with one attached hydrogen (secondary N) is 1. The number of nitrogens with zero attached hydrogens (tertiary/aromatic N) is 2. The summed E-state index contributed by atoms with van der Waals surface area (Å²) in [6.07, 6.45) is 4.85. The number of methoxy groups -OCH3 is 1. The average molecular weight is 225 g/mol. The second kappa shape index (κ2) is 5.89. The Balaban J connectivity index is 2.44. The molecule has 1 rings (SSSR count). The molecule has 4 nitrogen and oxygen atoms in total. The number of aromatic nitrogens is 2. The van der Waals surface area contributed by atoms with Crippen LogP contribution in [0.25, 0.3) is 0 Å². The first kappa shape index (κ1) is 13.0. The second-order valence-electron chi connectivity index (χ2n) is 5.21. The zero-order valence-corrected chi connectivity index (χ0v) is 10.8. The fraction of sp³-hybridized carbons (Fsp3) is 0.750. The van der Waals surface area contributed by atoms with Gasteiger partial charge in [0.05, 0.1) is 0 Å². The Morgan fingerprint density at radius 1 is 1.44 bits per heavy atom. The Morgan fingerprint density at radius 3 is 2.81 bits per heavy atom. The maximum Gasteiger partial charge on any atom is 0.202 e. The molecule has 92 valence electrons. The molecule has 1 N–H and O–H groups in total. The van der Waals surface area contributed by atoms with E-state index in [4.69, 9.17) is 4.74 Å². The van der Waals surface area contributed by atoms with Crippen molar-refractivity contribution >= 4 is 5.95 Å². The lowest BCUT2D eigenvalue weighted by Gasteiger charge is -2.20. The molecule has 1 heterocycles. The molecule has 0 aliphatic heterocycles. The summed E-state index contributed by atoms with van der Waals surface area (Å²) in [6.45, 7) is 9.33. The van der Waals surface area contributed by atoms with Gasteiger partial charge in [-0.2, -0.15) is 0 Å². The van der Waals surface area contributed by atoms with Crippen LogP contribution in [-0.2, 0) is 11.3 Å². The third kappa shape index (κ3) is 4.66. The molecule has 0 atom stereocenters. The molecule has 0 bridgehead atoms. The van der Waals surface area contributed by atoms with E-state index in [1.54, 1.807) is 7.11 Å². The Hall–Kier alpha value is -1.03. The summed E-state index contributed by atoms with van der Waals surface area (Å²) in [5.41, 5.74) is 0.268. The summed E-state index contributed by atoms with van der Waals surface area (Å²) in [4.78, 5) is 4.31. The SMILES string of the molecule is COCCCNc1nccn1CC(C)(C)C. The first-order chi connectivity index (χ1) is 7.53. The number of anilines is 1. The molecule has 0 spiro atoms. The van der Waals surface area contributed by atoms with Gasteiger partial charge in [-0.3, -0.25) is 0 Å². The summed E-state index contributed by atoms with van der Waals surface area (Å²) in [6, 6.07) is 0. The van der Waals surface area contributed by atoms with Crippen LogP contribution in [0.15, 0.2) is 12.4 Å². The molecule has 0 aliphatic rings. The van der Waals surface area contributed by atoms with Gasteiger partial charge in [-0.1, -0.05) is 20.8 Å². The zero-order chi connectivity index (χ0) is 12.0. The van der Waals surface area contributed by atoms with Gasteiger partial charge in [0, 0.05) is 39.2 Å². The largest absolute Gasteiger partial charge is 0.385 e. The molecule has 16 heavy (non-hydrogen) atoms. The molecule has 0 radical (unpaired) electrons. The van der Waals surface area contributed by atoms with E-state index in [-0.39, 0.29) is 5.41 Å². The van der Waals surface area contributed by atoms with E-state index < -0.39 is 0 Å². The van der Waals surface area contributed by atoms with Crippen molar-refractivity contribution < 1.29 is 4.74 Å². The lowest BCUT2D eigenvalue weighted by Crippen LogP contribution is -2.18. The van der Waals surface area contributed by atoms with Crippen LogP contribution in [-0.4, -0.2) is 29.8 Å². The van der Waals surface area contributed by atoms with Crippen LogP contribution >= 0.6 is 0 Å². The number of ether oxygens (including phenoxy) is 1. The number of imidazole rings is 1. The first-order valence-corrected chi connectivity index (χ1v) is 5.77. The van der Waals surface area contributed by atoms with Crippen LogP contribution in [0.3, 0.4) is 0 Å². The molecule has 0 aromatic carbocycles. The molecule has 4 heteroatoms. The molecular weight excluding hydrogens is 202 g/mol. The van der Waals surface area contributed by atoms with Gasteiger partial charge < -0.3 is 14.6 Å². The monoisotopic (exact) mass is 225 g/mol. The smallest absolute Gasteiger partial charge is 0.202 e. The Morgan fingerprint density at radius 2 is 2.19 bits per heavy atom. The van der Waals surface area contributed by atoms with Gasteiger partial charge in [-0.25, -0.2) is 4.98 Å². The lowest BCUT2D eigenvalue weighted by atomic mass is 9.97. The van der Waals surface area contributed by atoms with Crippen LogP contribution in [0, 0.1) is 5.41 Å². The van der Waals surface area contributed by atoms with Gasteiger partial charge in [0.1, 0.15) is 0 Å². The quantitative estimate of drug-likeness (QED) is 0.755. The average Bonchev–Trinajstić information content (AvgIpc) is 2.58. The van der Waals surface area contributed by atoms with Crippen LogP contribution in [0.4, 0.5) is 5.95 Å². The Kier molecular flexibility index (Phi) is 4.80. The third-order valence-corrected chi connectivity index (χ3v) is 2.17. The molecule has 0 amide bonds. The minimum Gasteiger partial charge on any atom is -0.385 e. The number of hydrogen-bond donors (Lipinski definition) is 1. The van der Waals surface area contributed by atoms with Crippen LogP contribution in [0.1, 0.15) is 27.2 Å². The van der Waals surface area contributed by atoms with E-state index in [9.17, 15) is 0 Å². The third-order valence-electron chi connectivity index (χ3n) is 2.17. The molecule has 0 saturated heterocycles. The molecular formula is C12H23N3O. The standard InChI is InChI=1S/C12H23N3O/c1-12(2,3)10-15-8-7-14-11(15)13-6-5-9-16-4/h7-8H,5-6,9-10H2,1-4H3,(H,13,14). The lowest BCUT2D eigenvalue weighted by molar-refractivity contribution is 0.197. The summed E-state index contributed by atoms with van der Waals surface area (Å²) >= 11 is 0. The van der Waals surface area contributed by atoms with E-state index >= 15 is 0 Å². The summed E-state index contributed by atoms with van der Waals surface area (Å²) < 4.78 is 7.16. The van der Waals surface area contributed by atoms with Gasteiger partial charge in [-0.05, 0) is 11.8 Å². The van der Waals surface area contributed by atoms with E-state index in [0.29, 0.717) is 0 Å². The van der Waals surface area contributed by atoms with Crippen LogP contribution < -0.4 is 5.32 Å². The molecule has 0 saturated carbocycles. The normalized spacial score (nSPS) is 11.8. The second-order valence-corrected chi connectivity index (χ2v) is 5.21. The summed E-state index contributed by atoms with van der Waals surface area (Å²) in [5.74, 6) is 0.950. The highest BCUT2D eigenvalue weighted by Crippen LogP contribution is 2.18. The Bertz CT molecular complexity index is 301. The molecule has 1 aromatic heterocycles. The fourth-order valence-corrected chi connectivity index (χ4v) is 1.53. The predicted octanol–water partition coefficient (Wildman–Crippen LogP) is 2.38. The van der Waals surface area contributed by atoms with Crippen LogP contribution in [0.5, 0.6) is 0 Å². The van der Waals surface area contributed by atoms with Crippen molar-refractivity contribution in [1.82, 2.24) is 9.55 Å². The van der Waals surface area contributed by atoms with E-state index in [0.717, 1.165) is 32.1 Å². The van der Waals surface area contributed by atoms with Crippen molar-refractivity contribution in [2.45, 2.75) is 33.7 Å². The molecule has 0 fully saturated rings. The summed E-state index contributed by atoms with van der Waals surface area (Å²) in [7, 11) is 1.72. The van der Waals surface area contributed by atoms with Crippen molar-refractivity contribution in [2.75, 3.05) is 25.6 Å². The highest BCUT2D eigenvalue weighted by atomic mass is 16.5. The number of rotatable bonds is 6. The highest BCUT2D eigenvalue weighted by Gasteiger charge is 2.13. The van der Waals surface area contributed by atoms with Crippen molar-refractivity contribution in [1.29, 1.82) is 0 Å². The van der Waals surface area contributed by atoms with Gasteiger partial charge in [0.25, 0.3) is 0 Å². The maximum absolute atomic E-state index is 5.00. The van der Waals surface area contributed by atoms with Crippen molar-refractivity contribution in [3.8, 4) is 0 Å². The van der Waals surface area contributed by atoms with Gasteiger partial charge in [-0.15, -0.1) is 0 Å². The predicted molar refractivity (Wildman–Crippen MR) is 66.7 cm³/mol. The highest BCUT2D eigenvalue weighted by molar-refractivity contribution is 5.25. The topological polar surface area (TPSA) is 39.1 Å². The molecule has 0 unspecified atom stereocenters. The van der Waals surface area contributed by atoms with E-state index in [1.807, 2.05) is 12.4 Å². The van der Waals surface area contributed by atoms with Crippen molar-refractivity contribution in [3.05, 3.63) is 12.4 Å². The van der Waals surface area contributed by atoms with Crippen LogP contribution in [0.2, 0.25) is 0 Å². The first-order valence-electron chi connectivity index (χ1n) is 5.77. The van der Waals surface area contributed by atoms with Crippen molar-refractivity contribution in [2.24, 2.45) is 5.41 Å². The van der Waals surface area contributed by atoms with Crippen molar-refractivity contribution in [3.63, 3.8) is 0 Å². The maximum atomic E-state index is 5.00. The fourth-order valence-electron chi connectivity index (χ4n) is 1.53. The van der Waals surface area contributed by atoms with E-state index in [2.05, 4.69) is 35.6 Å². The Labute approximate surface area is 98.0 Å². The molecule has 1 aromatic rings. The molecule has 0 aliphatic carbocycles.